The van der Waals surface area contributed by atoms with Gasteiger partial charge in [-0.1, -0.05) is 39.7 Å². The highest BCUT2D eigenvalue weighted by Gasteiger charge is 2.12. The predicted molar refractivity (Wildman–Crippen MR) is 82.6 cm³/mol. The topological polar surface area (TPSA) is 41.1 Å². The SMILES string of the molecule is O=C(CNc1c(F)cc(Br)cc1F)Nc1ccccc1Cl. The van der Waals surface area contributed by atoms with E-state index in [9.17, 15) is 13.6 Å². The van der Waals surface area contributed by atoms with Crippen LogP contribution < -0.4 is 10.6 Å². The highest BCUT2D eigenvalue weighted by atomic mass is 79.9. The van der Waals surface area contributed by atoms with Gasteiger partial charge in [0.25, 0.3) is 0 Å². The molecule has 0 unspecified atom stereocenters. The molecule has 0 radical (unpaired) electrons. The molecule has 0 saturated carbocycles. The number of anilines is 2. The third-order valence-electron chi connectivity index (χ3n) is 2.58. The molecule has 0 bridgehead atoms. The second-order valence-electron chi connectivity index (χ2n) is 4.13. The number of halogens is 4. The van der Waals surface area contributed by atoms with Gasteiger partial charge in [0.1, 0.15) is 17.3 Å². The van der Waals surface area contributed by atoms with E-state index in [0.29, 0.717) is 10.7 Å². The zero-order valence-electron chi connectivity index (χ0n) is 10.6. The number of carbonyl (C=O) groups is 1. The monoisotopic (exact) mass is 374 g/mol. The summed E-state index contributed by atoms with van der Waals surface area (Å²) >= 11 is 8.87. The smallest absolute Gasteiger partial charge is 0.243 e. The minimum atomic E-state index is -0.785. The molecule has 0 atom stereocenters. The van der Waals surface area contributed by atoms with E-state index in [1.54, 1.807) is 24.3 Å². The Labute approximate surface area is 133 Å². The lowest BCUT2D eigenvalue weighted by molar-refractivity contribution is -0.114. The Kier molecular flexibility index (Phi) is 5.14. The maximum Gasteiger partial charge on any atom is 0.243 e. The summed E-state index contributed by atoms with van der Waals surface area (Å²) in [5, 5.41) is 5.35. The van der Waals surface area contributed by atoms with Crippen LogP contribution in [0.4, 0.5) is 20.2 Å². The quantitative estimate of drug-likeness (QED) is 0.830. The van der Waals surface area contributed by atoms with Crippen molar-refractivity contribution in [3.8, 4) is 0 Å². The van der Waals surface area contributed by atoms with Crippen molar-refractivity contribution in [3.63, 3.8) is 0 Å². The van der Waals surface area contributed by atoms with E-state index in [2.05, 4.69) is 26.6 Å². The molecule has 2 N–H and O–H groups in total. The van der Waals surface area contributed by atoms with Gasteiger partial charge in [-0.3, -0.25) is 4.79 Å². The highest BCUT2D eigenvalue weighted by Crippen LogP contribution is 2.24. The van der Waals surface area contributed by atoms with E-state index in [-0.39, 0.29) is 16.7 Å². The van der Waals surface area contributed by atoms with Gasteiger partial charge in [0.15, 0.2) is 0 Å². The van der Waals surface area contributed by atoms with Crippen LogP contribution in [0.3, 0.4) is 0 Å². The van der Waals surface area contributed by atoms with Crippen molar-refractivity contribution in [2.75, 3.05) is 17.2 Å². The minimum absolute atomic E-state index is 0.281. The van der Waals surface area contributed by atoms with Crippen LogP contribution in [0.1, 0.15) is 0 Å². The number of para-hydroxylation sites is 1. The molecule has 0 aliphatic heterocycles. The lowest BCUT2D eigenvalue weighted by Crippen LogP contribution is -2.22. The van der Waals surface area contributed by atoms with Crippen LogP contribution in [0.25, 0.3) is 0 Å². The molecule has 0 aliphatic carbocycles. The second-order valence-corrected chi connectivity index (χ2v) is 5.45. The Morgan fingerprint density at radius 3 is 2.43 bits per heavy atom. The van der Waals surface area contributed by atoms with Gasteiger partial charge in [0.05, 0.1) is 17.3 Å². The average Bonchev–Trinajstić information content (AvgIpc) is 2.40. The number of benzene rings is 2. The minimum Gasteiger partial charge on any atom is -0.371 e. The predicted octanol–water partition coefficient (Wildman–Crippen LogP) is 4.43. The number of carbonyl (C=O) groups excluding carboxylic acids is 1. The summed E-state index contributed by atoms with van der Waals surface area (Å²) < 4.78 is 27.4. The molecular weight excluding hydrogens is 366 g/mol. The molecule has 0 aromatic heterocycles. The Morgan fingerprint density at radius 1 is 1.19 bits per heavy atom. The van der Waals surface area contributed by atoms with E-state index in [1.807, 2.05) is 0 Å². The fourth-order valence-electron chi connectivity index (χ4n) is 1.64. The Bertz CT molecular complexity index is 659. The molecule has 7 heteroatoms. The fraction of sp³-hybridized carbons (Fsp3) is 0.0714. The van der Waals surface area contributed by atoms with Crippen molar-refractivity contribution in [1.82, 2.24) is 0 Å². The van der Waals surface area contributed by atoms with Gasteiger partial charge in [0.2, 0.25) is 5.91 Å². The van der Waals surface area contributed by atoms with Crippen LogP contribution >= 0.6 is 27.5 Å². The Balaban J connectivity index is 2.01. The summed E-state index contributed by atoms with van der Waals surface area (Å²) in [6.07, 6.45) is 0. The molecule has 2 aromatic carbocycles. The van der Waals surface area contributed by atoms with Gasteiger partial charge < -0.3 is 10.6 Å². The van der Waals surface area contributed by atoms with E-state index >= 15 is 0 Å². The Hall–Kier alpha value is -1.66. The van der Waals surface area contributed by atoms with Crippen molar-refractivity contribution in [3.05, 3.63) is 57.5 Å². The van der Waals surface area contributed by atoms with Crippen molar-refractivity contribution in [2.24, 2.45) is 0 Å². The Morgan fingerprint density at radius 2 is 1.81 bits per heavy atom. The highest BCUT2D eigenvalue weighted by molar-refractivity contribution is 9.10. The number of nitrogens with one attached hydrogen (secondary N) is 2. The molecule has 1 amide bonds. The van der Waals surface area contributed by atoms with Gasteiger partial charge in [-0.25, -0.2) is 8.78 Å². The van der Waals surface area contributed by atoms with Crippen LogP contribution in [0.5, 0.6) is 0 Å². The molecule has 0 saturated heterocycles. The lowest BCUT2D eigenvalue weighted by Gasteiger charge is -2.10. The first kappa shape index (κ1) is 15.7. The largest absolute Gasteiger partial charge is 0.371 e. The summed E-state index contributed by atoms with van der Waals surface area (Å²) in [5.74, 6) is -2.04. The standard InChI is InChI=1S/C14H10BrClF2N2O/c15-8-5-10(17)14(11(18)6-8)19-7-13(21)20-12-4-2-1-3-9(12)16/h1-6,19H,7H2,(H,20,21). The molecule has 0 aliphatic rings. The maximum atomic E-state index is 13.6. The van der Waals surface area contributed by atoms with Gasteiger partial charge in [-0.2, -0.15) is 0 Å². The van der Waals surface area contributed by atoms with Crippen molar-refractivity contribution < 1.29 is 13.6 Å². The van der Waals surface area contributed by atoms with Crippen LogP contribution in [-0.2, 0) is 4.79 Å². The van der Waals surface area contributed by atoms with E-state index in [4.69, 9.17) is 11.6 Å². The van der Waals surface area contributed by atoms with Gasteiger partial charge in [-0.15, -0.1) is 0 Å². The van der Waals surface area contributed by atoms with Gasteiger partial charge in [0, 0.05) is 4.47 Å². The molecule has 0 heterocycles. The first-order valence-electron chi connectivity index (χ1n) is 5.90. The maximum absolute atomic E-state index is 13.6. The van der Waals surface area contributed by atoms with Crippen LogP contribution in [0.2, 0.25) is 5.02 Å². The molecule has 21 heavy (non-hydrogen) atoms. The van der Waals surface area contributed by atoms with Crippen molar-refractivity contribution in [2.45, 2.75) is 0 Å². The van der Waals surface area contributed by atoms with Crippen LogP contribution in [0, 0.1) is 11.6 Å². The molecule has 0 spiro atoms. The molecule has 110 valence electrons. The third kappa shape index (κ3) is 4.15. The van der Waals surface area contributed by atoms with Crippen LogP contribution in [0.15, 0.2) is 40.9 Å². The zero-order chi connectivity index (χ0) is 15.4. The summed E-state index contributed by atoms with van der Waals surface area (Å²) in [6.45, 7) is -0.291. The normalized spacial score (nSPS) is 10.3. The van der Waals surface area contributed by atoms with E-state index < -0.39 is 17.5 Å². The average molecular weight is 376 g/mol. The molecule has 3 nitrogen and oxygen atoms in total. The molecule has 2 aromatic rings. The molecule has 2 rings (SSSR count). The van der Waals surface area contributed by atoms with E-state index in [1.165, 1.54) is 0 Å². The first-order chi connectivity index (χ1) is 9.97. The van der Waals surface area contributed by atoms with Crippen molar-refractivity contribution in [1.29, 1.82) is 0 Å². The van der Waals surface area contributed by atoms with E-state index in [0.717, 1.165) is 12.1 Å². The van der Waals surface area contributed by atoms with Crippen LogP contribution in [-0.4, -0.2) is 12.5 Å². The summed E-state index contributed by atoms with van der Waals surface area (Å²) in [6, 6.07) is 8.90. The first-order valence-corrected chi connectivity index (χ1v) is 7.07. The number of amides is 1. The molecule has 0 fully saturated rings. The summed E-state index contributed by atoms with van der Waals surface area (Å²) in [5.41, 5.74) is 0.0789. The van der Waals surface area contributed by atoms with Crippen molar-refractivity contribution >= 4 is 44.8 Å². The third-order valence-corrected chi connectivity index (χ3v) is 3.37. The number of hydrogen-bond acceptors (Lipinski definition) is 2. The number of rotatable bonds is 4. The number of hydrogen-bond donors (Lipinski definition) is 2. The zero-order valence-corrected chi connectivity index (χ0v) is 12.9. The van der Waals surface area contributed by atoms with Gasteiger partial charge in [-0.05, 0) is 24.3 Å². The lowest BCUT2D eigenvalue weighted by atomic mass is 10.3. The summed E-state index contributed by atoms with van der Waals surface area (Å²) in [7, 11) is 0. The fourth-order valence-corrected chi connectivity index (χ4v) is 2.22. The summed E-state index contributed by atoms with van der Waals surface area (Å²) in [4.78, 5) is 11.7. The molecular formula is C14H10BrClF2N2O. The second kappa shape index (κ2) is 6.87. The van der Waals surface area contributed by atoms with Gasteiger partial charge >= 0.3 is 0 Å².